The molecule has 3 N–H and O–H groups in total. The van der Waals surface area contributed by atoms with Gasteiger partial charge in [-0.25, -0.2) is 15.0 Å². The fraction of sp³-hybridized carbons (Fsp3) is 0.554. The summed E-state index contributed by atoms with van der Waals surface area (Å²) in [5.74, 6) is 0.0534. The first-order valence-corrected chi connectivity index (χ1v) is 31.9. The van der Waals surface area contributed by atoms with Gasteiger partial charge < -0.3 is 48.2 Å². The minimum Gasteiger partial charge on any atom is -0.543 e. The van der Waals surface area contributed by atoms with Crippen molar-refractivity contribution in [2.45, 2.75) is 163 Å². The van der Waals surface area contributed by atoms with E-state index in [9.17, 15) is 24.3 Å². The summed E-state index contributed by atoms with van der Waals surface area (Å²) in [6.07, 6.45) is 1.88. The monoisotopic (exact) mass is 1160 g/mol. The molecule has 5 atom stereocenters. The molecule has 3 aliphatic rings. The van der Waals surface area contributed by atoms with E-state index in [2.05, 4.69) is 119 Å². The molecule has 2 saturated heterocycles. The molecule has 0 unspecified atom stereocenters. The first-order chi connectivity index (χ1) is 39.3. The zero-order chi connectivity index (χ0) is 60.3. The van der Waals surface area contributed by atoms with Gasteiger partial charge in [0.05, 0.1) is 36.5 Å². The number of aryl methyl sites for hydroxylation is 1. The highest BCUT2D eigenvalue weighted by Crippen LogP contribution is 2.47. The third kappa shape index (κ3) is 14.0. The molecule has 2 aliphatic heterocycles. The maximum absolute atomic E-state index is 14.9. The standard InChI is InChI=1S/C65H91N7O10Si/c1-16-71-56-23-22-46(32-52(56)54(35-65(12,13)39-73)59(71)53-34-49(36-66-57(53)43(8)78-14)69-24-26-70(27-25-69)63(77)80-38-44-20-18-17-19-21-44)47-28-45(29-50(31-47)82-83(40(2)3,41(4)5)42(6)7)30-55(67-62(76)81-64(9,10)11)60(74)72-37-48-33-51(48)58(68-72)61(75)79-15/h17-23,28-29,31-32,34,36,40-43,48,51,55,58,68,73H,16,24-27,30,33,35,37-39H2,1-15H3,(H,67,76)/t43-,48-,51-,55-,58-/m0/s1. The van der Waals surface area contributed by atoms with Crippen LogP contribution in [-0.2, 0) is 54.5 Å². The second-order valence-electron chi connectivity index (χ2n) is 25.7. The summed E-state index contributed by atoms with van der Waals surface area (Å²) in [6, 6.07) is 22.9. The number of hydrogen-bond acceptors (Lipinski definition) is 13. The molecule has 3 amide bonds. The van der Waals surface area contributed by atoms with E-state index in [1.807, 2.05) is 49.5 Å². The van der Waals surface area contributed by atoms with Gasteiger partial charge in [-0.1, -0.05) is 97.9 Å². The van der Waals surface area contributed by atoms with Crippen LogP contribution in [-0.4, -0.2) is 128 Å². The second kappa shape index (κ2) is 25.8. The molecule has 4 heterocycles. The van der Waals surface area contributed by atoms with Gasteiger partial charge in [-0.2, -0.15) is 0 Å². The molecule has 17 nitrogen and oxygen atoms in total. The van der Waals surface area contributed by atoms with Crippen molar-refractivity contribution in [1.29, 1.82) is 0 Å². The number of carbonyl (C=O) groups is 4. The lowest BCUT2D eigenvalue weighted by molar-refractivity contribution is -0.150. The number of benzene rings is 3. The Kier molecular flexibility index (Phi) is 19.4. The predicted molar refractivity (Wildman–Crippen MR) is 327 cm³/mol. The molecule has 18 heteroatoms. The lowest BCUT2D eigenvalue weighted by atomic mass is 9.84. The van der Waals surface area contributed by atoms with Crippen molar-refractivity contribution in [2.24, 2.45) is 17.3 Å². The van der Waals surface area contributed by atoms with Crippen LogP contribution in [0.4, 0.5) is 15.3 Å². The summed E-state index contributed by atoms with van der Waals surface area (Å²) in [5.41, 5.74) is 11.7. The number of pyridine rings is 1. The van der Waals surface area contributed by atoms with E-state index in [0.717, 1.165) is 67.8 Å². The van der Waals surface area contributed by atoms with Crippen molar-refractivity contribution in [3.63, 3.8) is 0 Å². The molecule has 1 saturated carbocycles. The number of alkyl carbamates (subject to hydrolysis) is 1. The Balaban J connectivity index is 1.24. The molecule has 83 heavy (non-hydrogen) atoms. The van der Waals surface area contributed by atoms with E-state index in [4.69, 9.17) is 28.4 Å². The quantitative estimate of drug-likeness (QED) is 0.0358. The van der Waals surface area contributed by atoms with Gasteiger partial charge in [-0.05, 0) is 139 Å². The molecule has 3 aromatic carbocycles. The molecular weight excluding hydrogens is 1070 g/mol. The Bertz CT molecular complexity index is 3090. The fourth-order valence-corrected chi connectivity index (χ4v) is 18.0. The second-order valence-corrected chi connectivity index (χ2v) is 31.1. The molecule has 0 spiro atoms. The van der Waals surface area contributed by atoms with Crippen LogP contribution < -0.4 is 20.1 Å². The third-order valence-corrected chi connectivity index (χ3v) is 23.1. The molecule has 5 aromatic rings. The first-order valence-electron chi connectivity index (χ1n) is 29.8. The largest absolute Gasteiger partial charge is 0.543 e. The first kappa shape index (κ1) is 62.6. The number of aliphatic hydroxyl groups excluding tert-OH is 1. The van der Waals surface area contributed by atoms with E-state index in [0.29, 0.717) is 51.4 Å². The summed E-state index contributed by atoms with van der Waals surface area (Å²) in [5, 5.41) is 16.4. The summed E-state index contributed by atoms with van der Waals surface area (Å²) >= 11 is 0. The molecule has 0 bridgehead atoms. The number of methoxy groups -OCH3 is 2. The van der Waals surface area contributed by atoms with E-state index in [-0.39, 0.29) is 60.3 Å². The molecule has 2 aromatic heterocycles. The van der Waals surface area contributed by atoms with E-state index in [1.165, 1.54) is 12.1 Å². The van der Waals surface area contributed by atoms with Crippen LogP contribution >= 0.6 is 0 Å². The van der Waals surface area contributed by atoms with Crippen molar-refractivity contribution in [2.75, 3.05) is 58.5 Å². The average molecular weight is 1160 g/mol. The van der Waals surface area contributed by atoms with Crippen LogP contribution in [0, 0.1) is 17.3 Å². The topological polar surface area (TPSA) is 186 Å². The van der Waals surface area contributed by atoms with Gasteiger partial charge in [0.2, 0.25) is 0 Å². The Morgan fingerprint density at radius 3 is 2.14 bits per heavy atom. The maximum Gasteiger partial charge on any atom is 0.410 e. The number of anilines is 1. The Morgan fingerprint density at radius 1 is 0.843 bits per heavy atom. The van der Waals surface area contributed by atoms with Crippen molar-refractivity contribution >= 4 is 49.0 Å². The maximum atomic E-state index is 14.9. The smallest absolute Gasteiger partial charge is 0.410 e. The van der Waals surface area contributed by atoms with Gasteiger partial charge >= 0.3 is 18.2 Å². The summed E-state index contributed by atoms with van der Waals surface area (Å²) in [7, 11) is 0.481. The Hall–Kier alpha value is -6.47. The predicted octanol–water partition coefficient (Wildman–Crippen LogP) is 11.6. The van der Waals surface area contributed by atoms with Crippen molar-refractivity contribution < 1.29 is 47.7 Å². The van der Waals surface area contributed by atoms with Gasteiger partial charge in [0, 0.05) is 75.9 Å². The van der Waals surface area contributed by atoms with Gasteiger partial charge in [0.1, 0.15) is 30.0 Å². The number of fused-ring (bicyclic) bond motifs is 2. The van der Waals surface area contributed by atoms with E-state index >= 15 is 0 Å². The van der Waals surface area contributed by atoms with Crippen molar-refractivity contribution in [1.82, 2.24) is 30.2 Å². The highest BCUT2D eigenvalue weighted by atomic mass is 28.4. The lowest BCUT2D eigenvalue weighted by Crippen LogP contribution is -2.61. The minimum atomic E-state index is -2.56. The zero-order valence-corrected chi connectivity index (χ0v) is 52.8. The number of nitrogens with zero attached hydrogens (tertiary/aromatic N) is 5. The number of amides is 3. The van der Waals surface area contributed by atoms with Gasteiger partial charge in [0.25, 0.3) is 14.2 Å². The minimum absolute atomic E-state index is 0.0483. The Labute approximate surface area is 492 Å². The van der Waals surface area contributed by atoms with Crippen LogP contribution in [0.2, 0.25) is 16.6 Å². The van der Waals surface area contributed by atoms with Crippen LogP contribution in [0.25, 0.3) is 33.3 Å². The zero-order valence-electron chi connectivity index (χ0n) is 51.8. The Morgan fingerprint density at radius 2 is 1.53 bits per heavy atom. The number of aliphatic hydroxyl groups is 1. The highest BCUT2D eigenvalue weighted by molar-refractivity contribution is 6.78. The van der Waals surface area contributed by atoms with E-state index < -0.39 is 49.4 Å². The number of carbonyl (C=O) groups excluding carboxylic acids is 4. The van der Waals surface area contributed by atoms with Crippen molar-refractivity contribution in [3.05, 3.63) is 101 Å². The number of esters is 1. The number of piperazine rings is 1. The highest BCUT2D eigenvalue weighted by Gasteiger charge is 2.53. The van der Waals surface area contributed by atoms with Crippen LogP contribution in [0.5, 0.6) is 5.75 Å². The molecular formula is C65H91N7O10Si. The SMILES string of the molecule is CCn1c(-c2cc(N3CCN(C(=O)OCc4ccccc4)CC3)cnc2[C@H](C)OC)c(CC(C)(C)CO)c2cc(-c3cc(C[C@H](NC(=O)OC(C)(C)C)C(=O)N4C[C@@H]5C[C@@H]5[C@@H](C(=O)OC)N4)cc(O[Si](C(C)C)(C(C)C)C(C)C)c3)ccc21. The van der Waals surface area contributed by atoms with E-state index in [1.54, 1.807) is 32.8 Å². The van der Waals surface area contributed by atoms with Gasteiger partial charge in [-0.3, -0.25) is 19.6 Å². The number of rotatable bonds is 21. The van der Waals surface area contributed by atoms with Gasteiger partial charge in [0.15, 0.2) is 0 Å². The number of hydrazine groups is 1. The van der Waals surface area contributed by atoms with Crippen LogP contribution in [0.3, 0.4) is 0 Å². The van der Waals surface area contributed by atoms with Crippen LogP contribution in [0.1, 0.15) is 125 Å². The normalized spacial score (nSPS) is 18.3. The molecule has 450 valence electrons. The van der Waals surface area contributed by atoms with Gasteiger partial charge in [-0.15, -0.1) is 0 Å². The summed E-state index contributed by atoms with van der Waals surface area (Å²) in [6.45, 7) is 30.5. The third-order valence-electron chi connectivity index (χ3n) is 17.1. The molecule has 3 fully saturated rings. The van der Waals surface area contributed by atoms with Crippen LogP contribution in [0.15, 0.2) is 79.0 Å². The molecule has 8 rings (SSSR count). The van der Waals surface area contributed by atoms with Crippen molar-refractivity contribution in [3.8, 4) is 28.1 Å². The number of hydrogen-bond donors (Lipinski definition) is 3. The lowest BCUT2D eigenvalue weighted by Gasteiger charge is -2.42. The summed E-state index contributed by atoms with van der Waals surface area (Å²) in [4.78, 5) is 64.1. The number of ether oxygens (including phenoxy) is 4. The molecule has 0 radical (unpaired) electrons. The summed E-state index contributed by atoms with van der Waals surface area (Å²) < 4.78 is 32.5. The average Bonchev–Trinajstić information content (AvgIpc) is 4.42. The fourth-order valence-electron chi connectivity index (χ4n) is 12.8. The number of nitrogens with one attached hydrogen (secondary N) is 2. The molecule has 1 aliphatic carbocycles. The number of aromatic nitrogens is 2.